The number of halogens is 1. The molecule has 0 aliphatic carbocycles. The van der Waals surface area contributed by atoms with E-state index >= 15 is 0 Å². The largest absolute Gasteiger partial charge is 0.354 e. The van der Waals surface area contributed by atoms with Crippen LogP contribution in [0.1, 0.15) is 18.4 Å². The maximum Gasteiger partial charge on any atom is 0.225 e. The topological polar surface area (TPSA) is 49.6 Å². The van der Waals surface area contributed by atoms with Crippen molar-refractivity contribution in [2.75, 3.05) is 18.0 Å². The van der Waals surface area contributed by atoms with E-state index in [0.717, 1.165) is 51.8 Å². The van der Waals surface area contributed by atoms with E-state index in [9.17, 15) is 4.79 Å². The third-order valence-corrected chi connectivity index (χ3v) is 6.29. The van der Waals surface area contributed by atoms with E-state index in [2.05, 4.69) is 54.9 Å². The van der Waals surface area contributed by atoms with Crippen LogP contribution in [0.25, 0.3) is 16.6 Å². The molecule has 5 rings (SSSR count). The summed E-state index contributed by atoms with van der Waals surface area (Å²) in [7, 11) is 0. The molecular weight excluding hydrogens is 440 g/mol. The molecule has 6 heteroatoms. The Morgan fingerprint density at radius 3 is 2.87 bits per heavy atom. The average molecular weight is 463 g/mol. The smallest absolute Gasteiger partial charge is 0.225 e. The highest BCUT2D eigenvalue weighted by molar-refractivity contribution is 9.10. The van der Waals surface area contributed by atoms with Crippen molar-refractivity contribution in [1.29, 1.82) is 0 Å². The summed E-state index contributed by atoms with van der Waals surface area (Å²) in [5.74, 6) is 1.05. The van der Waals surface area contributed by atoms with Crippen molar-refractivity contribution in [3.63, 3.8) is 0 Å². The molecule has 5 nitrogen and oxygen atoms in total. The van der Waals surface area contributed by atoms with Crippen LogP contribution in [0.2, 0.25) is 0 Å². The molecular formula is C24H23BrN4O. The zero-order valence-corrected chi connectivity index (χ0v) is 18.2. The van der Waals surface area contributed by atoms with Gasteiger partial charge in [0.2, 0.25) is 5.91 Å². The number of hydrogen-bond acceptors (Lipinski definition) is 3. The van der Waals surface area contributed by atoms with Crippen molar-refractivity contribution in [1.82, 2.24) is 14.7 Å². The van der Waals surface area contributed by atoms with E-state index in [1.165, 1.54) is 0 Å². The minimum atomic E-state index is -0.0332. The number of para-hydroxylation sites is 2. The molecule has 3 heterocycles. The fourth-order valence-electron chi connectivity index (χ4n) is 4.30. The van der Waals surface area contributed by atoms with Gasteiger partial charge in [0.1, 0.15) is 0 Å². The number of anilines is 1. The minimum absolute atomic E-state index is 0.0332. The molecule has 0 saturated carbocycles. The SMILES string of the molecule is O=C(NCc1cccc(Br)c1)[C@@H]1CCCN(c2nc3ccccc3n3cccc23)C1. The predicted molar refractivity (Wildman–Crippen MR) is 124 cm³/mol. The second-order valence-electron chi connectivity index (χ2n) is 7.82. The van der Waals surface area contributed by atoms with E-state index in [4.69, 9.17) is 4.98 Å². The lowest BCUT2D eigenvalue weighted by Gasteiger charge is -2.33. The molecule has 1 aliphatic heterocycles. The van der Waals surface area contributed by atoms with E-state index in [1.807, 2.05) is 42.5 Å². The quantitative estimate of drug-likeness (QED) is 0.474. The van der Waals surface area contributed by atoms with Gasteiger partial charge in [0, 0.05) is 30.3 Å². The molecule has 1 saturated heterocycles. The molecule has 1 aliphatic rings. The number of carbonyl (C=O) groups excluding carboxylic acids is 1. The van der Waals surface area contributed by atoms with Gasteiger partial charge in [-0.05, 0) is 54.8 Å². The lowest BCUT2D eigenvalue weighted by molar-refractivity contribution is -0.125. The first-order chi connectivity index (χ1) is 14.7. The predicted octanol–water partition coefficient (Wildman–Crippen LogP) is 4.78. The van der Waals surface area contributed by atoms with Gasteiger partial charge < -0.3 is 14.6 Å². The molecule has 152 valence electrons. The monoisotopic (exact) mass is 462 g/mol. The number of benzene rings is 2. The van der Waals surface area contributed by atoms with Crippen LogP contribution in [0.4, 0.5) is 5.82 Å². The Kier molecular flexibility index (Phi) is 5.17. The molecule has 0 unspecified atom stereocenters. The molecule has 2 aromatic carbocycles. The second-order valence-corrected chi connectivity index (χ2v) is 8.74. The number of rotatable bonds is 4. The number of carbonyl (C=O) groups is 1. The van der Waals surface area contributed by atoms with Crippen LogP contribution in [-0.4, -0.2) is 28.4 Å². The van der Waals surface area contributed by atoms with Crippen LogP contribution < -0.4 is 10.2 Å². The second kappa shape index (κ2) is 8.11. The summed E-state index contributed by atoms with van der Waals surface area (Å²) in [4.78, 5) is 20.1. The van der Waals surface area contributed by atoms with E-state index < -0.39 is 0 Å². The number of nitrogens with zero attached hydrogens (tertiary/aromatic N) is 3. The van der Waals surface area contributed by atoms with Gasteiger partial charge in [-0.1, -0.05) is 40.2 Å². The maximum atomic E-state index is 12.9. The van der Waals surface area contributed by atoms with Crippen molar-refractivity contribution >= 4 is 44.2 Å². The van der Waals surface area contributed by atoms with Crippen LogP contribution in [0, 0.1) is 5.92 Å². The molecule has 4 aromatic rings. The lowest BCUT2D eigenvalue weighted by atomic mass is 9.97. The molecule has 0 bridgehead atoms. The van der Waals surface area contributed by atoms with Gasteiger partial charge in [0.15, 0.2) is 5.82 Å². The highest BCUT2D eigenvalue weighted by Gasteiger charge is 2.27. The van der Waals surface area contributed by atoms with Gasteiger partial charge in [-0.15, -0.1) is 0 Å². The summed E-state index contributed by atoms with van der Waals surface area (Å²) in [6.45, 7) is 2.16. The number of hydrogen-bond donors (Lipinski definition) is 1. The molecule has 1 fully saturated rings. The van der Waals surface area contributed by atoms with Crippen molar-refractivity contribution in [3.05, 3.63) is 76.9 Å². The van der Waals surface area contributed by atoms with Gasteiger partial charge in [-0.2, -0.15) is 0 Å². The molecule has 30 heavy (non-hydrogen) atoms. The standard InChI is InChI=1S/C24H23BrN4O/c25-19-8-3-6-17(14-19)15-26-24(30)18-7-4-12-28(16-18)23-22-11-5-13-29(22)21-10-2-1-9-20(21)27-23/h1-3,5-6,8-11,13-14,18H,4,7,12,15-16H2,(H,26,30)/t18-/m1/s1. The van der Waals surface area contributed by atoms with E-state index in [-0.39, 0.29) is 11.8 Å². The van der Waals surface area contributed by atoms with Gasteiger partial charge >= 0.3 is 0 Å². The zero-order chi connectivity index (χ0) is 20.5. The summed E-state index contributed by atoms with van der Waals surface area (Å²) in [6, 6.07) is 20.4. The number of amides is 1. The molecule has 0 spiro atoms. The Hall–Kier alpha value is -2.86. The van der Waals surface area contributed by atoms with E-state index in [0.29, 0.717) is 13.1 Å². The minimum Gasteiger partial charge on any atom is -0.354 e. The molecule has 1 atom stereocenters. The molecule has 1 N–H and O–H groups in total. The summed E-state index contributed by atoms with van der Waals surface area (Å²) in [5, 5.41) is 3.12. The fraction of sp³-hybridized carbons (Fsp3) is 0.250. The Morgan fingerprint density at radius 1 is 1.10 bits per heavy atom. The molecule has 0 radical (unpaired) electrons. The Bertz CT molecular complexity index is 1220. The Morgan fingerprint density at radius 2 is 1.97 bits per heavy atom. The van der Waals surface area contributed by atoms with Gasteiger partial charge in [0.05, 0.1) is 22.5 Å². The maximum absolute atomic E-state index is 12.9. The number of piperidine rings is 1. The van der Waals surface area contributed by atoms with E-state index in [1.54, 1.807) is 0 Å². The zero-order valence-electron chi connectivity index (χ0n) is 16.6. The number of fused-ring (bicyclic) bond motifs is 3. The highest BCUT2D eigenvalue weighted by atomic mass is 79.9. The lowest BCUT2D eigenvalue weighted by Crippen LogP contribution is -2.43. The summed E-state index contributed by atoms with van der Waals surface area (Å²) in [5.41, 5.74) is 4.25. The normalized spacial score (nSPS) is 16.8. The molecule has 1 amide bonds. The number of aromatic nitrogens is 2. The first-order valence-electron chi connectivity index (χ1n) is 10.3. The van der Waals surface area contributed by atoms with Crippen molar-refractivity contribution < 1.29 is 4.79 Å². The summed E-state index contributed by atoms with van der Waals surface area (Å²) < 4.78 is 3.21. The summed E-state index contributed by atoms with van der Waals surface area (Å²) >= 11 is 3.48. The van der Waals surface area contributed by atoms with Crippen LogP contribution >= 0.6 is 15.9 Å². The van der Waals surface area contributed by atoms with Gasteiger partial charge in [-0.25, -0.2) is 4.98 Å². The highest BCUT2D eigenvalue weighted by Crippen LogP contribution is 2.29. The first kappa shape index (κ1) is 19.1. The Labute approximate surface area is 183 Å². The average Bonchev–Trinajstić information content (AvgIpc) is 3.27. The first-order valence-corrected chi connectivity index (χ1v) is 11.1. The van der Waals surface area contributed by atoms with Crippen LogP contribution in [0.3, 0.4) is 0 Å². The summed E-state index contributed by atoms with van der Waals surface area (Å²) in [6.07, 6.45) is 3.97. The number of nitrogens with one attached hydrogen (secondary N) is 1. The van der Waals surface area contributed by atoms with Gasteiger partial charge in [0.25, 0.3) is 0 Å². The Balaban J connectivity index is 1.36. The van der Waals surface area contributed by atoms with Crippen molar-refractivity contribution in [2.24, 2.45) is 5.92 Å². The van der Waals surface area contributed by atoms with Crippen LogP contribution in [-0.2, 0) is 11.3 Å². The fourth-order valence-corrected chi connectivity index (χ4v) is 4.75. The van der Waals surface area contributed by atoms with Crippen LogP contribution in [0.5, 0.6) is 0 Å². The third-order valence-electron chi connectivity index (χ3n) is 5.79. The third kappa shape index (κ3) is 3.67. The van der Waals surface area contributed by atoms with Crippen molar-refractivity contribution in [2.45, 2.75) is 19.4 Å². The van der Waals surface area contributed by atoms with Crippen molar-refractivity contribution in [3.8, 4) is 0 Å². The van der Waals surface area contributed by atoms with Gasteiger partial charge in [-0.3, -0.25) is 4.79 Å². The van der Waals surface area contributed by atoms with Crippen LogP contribution in [0.15, 0.2) is 71.3 Å². The molecule has 2 aromatic heterocycles.